The van der Waals surface area contributed by atoms with Crippen molar-refractivity contribution in [2.45, 2.75) is 35.9 Å². The van der Waals surface area contributed by atoms with Crippen LogP contribution in [0.3, 0.4) is 0 Å². The van der Waals surface area contributed by atoms with Crippen molar-refractivity contribution in [1.82, 2.24) is 21.5 Å². The Morgan fingerprint density at radius 3 is 2.62 bits per heavy atom. The number of amides is 2. The van der Waals surface area contributed by atoms with E-state index in [0.717, 1.165) is 0 Å². The lowest BCUT2D eigenvalue weighted by molar-refractivity contribution is -0.141. The van der Waals surface area contributed by atoms with Crippen molar-refractivity contribution in [3.05, 3.63) is 0 Å². The third kappa shape index (κ3) is 5.65. The third-order valence-corrected chi connectivity index (χ3v) is 4.15. The lowest BCUT2D eigenvalue weighted by atomic mass is 10.2. The van der Waals surface area contributed by atoms with Gasteiger partial charge in [0.25, 0.3) is 0 Å². The number of aliphatic hydroxyl groups excluding tert-OH is 2. The van der Waals surface area contributed by atoms with Gasteiger partial charge in [0, 0.05) is 6.54 Å². The van der Waals surface area contributed by atoms with Crippen LogP contribution in [0.15, 0.2) is 0 Å². The van der Waals surface area contributed by atoms with Crippen LogP contribution < -0.4 is 27.2 Å². The molecule has 1 aliphatic rings. The zero-order valence-corrected chi connectivity index (χ0v) is 12.3. The Kier molecular flexibility index (Phi) is 7.14. The first-order valence-electron chi connectivity index (χ1n) is 6.33. The molecule has 0 aliphatic carbocycles. The Morgan fingerprint density at radius 2 is 2.10 bits per heavy atom. The standard InChI is InChI=1S/C10H21N5O5S/c1-4(17)7(9(18)19)13-10(20)12-2-6-14-15-8(21-6)5(11)3-16/h4-8,14-17H,2-3,11H2,1H3,(H,18,19)(H2,12,13,20). The Bertz CT molecular complexity index is 372. The number of hydrogen-bond acceptors (Lipinski definition) is 8. The number of hydrazine groups is 1. The molecule has 0 bridgehead atoms. The molecule has 10 nitrogen and oxygen atoms in total. The first kappa shape index (κ1) is 17.9. The molecular formula is C10H21N5O5S. The van der Waals surface area contributed by atoms with Crippen molar-refractivity contribution in [3.8, 4) is 0 Å². The molecule has 0 aromatic rings. The molecule has 11 heteroatoms. The number of nitrogens with two attached hydrogens (primary N) is 1. The molecule has 0 aromatic carbocycles. The number of nitrogens with one attached hydrogen (secondary N) is 4. The highest BCUT2D eigenvalue weighted by molar-refractivity contribution is 8.00. The van der Waals surface area contributed by atoms with E-state index in [9.17, 15) is 14.7 Å². The normalized spacial score (nSPS) is 25.9. The molecule has 5 atom stereocenters. The molecule has 0 radical (unpaired) electrons. The molecule has 9 N–H and O–H groups in total. The minimum absolute atomic E-state index is 0.165. The third-order valence-electron chi connectivity index (χ3n) is 2.78. The Labute approximate surface area is 125 Å². The summed E-state index contributed by atoms with van der Waals surface area (Å²) in [7, 11) is 0. The average molecular weight is 323 g/mol. The van der Waals surface area contributed by atoms with E-state index in [1.807, 2.05) is 0 Å². The van der Waals surface area contributed by atoms with Crippen LogP contribution in [-0.2, 0) is 4.79 Å². The van der Waals surface area contributed by atoms with Crippen molar-refractivity contribution in [1.29, 1.82) is 0 Å². The van der Waals surface area contributed by atoms with E-state index in [1.54, 1.807) is 0 Å². The number of urea groups is 1. The zero-order valence-electron chi connectivity index (χ0n) is 11.4. The van der Waals surface area contributed by atoms with Gasteiger partial charge in [-0.2, -0.15) is 0 Å². The maximum atomic E-state index is 11.6. The highest BCUT2D eigenvalue weighted by Gasteiger charge is 2.29. The molecule has 122 valence electrons. The fraction of sp³-hybridized carbons (Fsp3) is 0.800. The minimum Gasteiger partial charge on any atom is -0.480 e. The summed E-state index contributed by atoms with van der Waals surface area (Å²) < 4.78 is 0. The van der Waals surface area contributed by atoms with Gasteiger partial charge in [0.15, 0.2) is 6.04 Å². The molecule has 1 fully saturated rings. The summed E-state index contributed by atoms with van der Waals surface area (Å²) in [5.41, 5.74) is 11.4. The maximum absolute atomic E-state index is 11.6. The van der Waals surface area contributed by atoms with Crippen molar-refractivity contribution in [3.63, 3.8) is 0 Å². The highest BCUT2D eigenvalue weighted by Crippen LogP contribution is 2.20. The molecule has 0 saturated carbocycles. The molecule has 21 heavy (non-hydrogen) atoms. The van der Waals surface area contributed by atoms with E-state index in [-0.39, 0.29) is 23.9 Å². The number of carboxylic acids is 1. The second-order valence-corrected chi connectivity index (χ2v) is 5.94. The van der Waals surface area contributed by atoms with Gasteiger partial charge in [0.05, 0.1) is 29.5 Å². The molecule has 1 rings (SSSR count). The van der Waals surface area contributed by atoms with Crippen LogP contribution in [0.25, 0.3) is 0 Å². The number of aliphatic carboxylic acids is 1. The van der Waals surface area contributed by atoms with E-state index in [2.05, 4.69) is 21.5 Å². The number of aliphatic hydroxyl groups is 2. The number of carbonyl (C=O) groups is 2. The largest absolute Gasteiger partial charge is 0.480 e. The van der Waals surface area contributed by atoms with Gasteiger partial charge in [-0.05, 0) is 6.92 Å². The van der Waals surface area contributed by atoms with Crippen LogP contribution in [0.5, 0.6) is 0 Å². The van der Waals surface area contributed by atoms with E-state index < -0.39 is 30.2 Å². The molecule has 0 spiro atoms. The first-order valence-corrected chi connectivity index (χ1v) is 7.27. The fourth-order valence-corrected chi connectivity index (χ4v) is 2.68. The van der Waals surface area contributed by atoms with Crippen LogP contribution in [0.1, 0.15) is 6.92 Å². The SMILES string of the molecule is CC(O)C(NC(=O)NCC1NNC(C(N)CO)S1)C(=O)O. The second-order valence-electron chi connectivity index (χ2n) is 4.59. The molecular weight excluding hydrogens is 302 g/mol. The minimum atomic E-state index is -1.37. The van der Waals surface area contributed by atoms with Crippen molar-refractivity contribution in [2.24, 2.45) is 5.73 Å². The number of rotatable bonds is 7. The molecule has 5 unspecified atom stereocenters. The van der Waals surface area contributed by atoms with E-state index in [4.69, 9.17) is 15.9 Å². The number of thioether (sulfide) groups is 1. The predicted molar refractivity (Wildman–Crippen MR) is 76.1 cm³/mol. The predicted octanol–water partition coefficient (Wildman–Crippen LogP) is -3.07. The van der Waals surface area contributed by atoms with E-state index >= 15 is 0 Å². The lowest BCUT2D eigenvalue weighted by Gasteiger charge is -2.18. The van der Waals surface area contributed by atoms with Gasteiger partial charge >= 0.3 is 12.0 Å². The smallest absolute Gasteiger partial charge is 0.328 e. The Hall–Kier alpha value is -1.11. The van der Waals surface area contributed by atoms with Crippen molar-refractivity contribution in [2.75, 3.05) is 13.2 Å². The summed E-state index contributed by atoms with van der Waals surface area (Å²) in [6.45, 7) is 1.32. The molecule has 1 aliphatic heterocycles. The van der Waals surface area contributed by atoms with Gasteiger partial charge in [-0.15, -0.1) is 11.8 Å². The van der Waals surface area contributed by atoms with Crippen LogP contribution in [-0.4, -0.2) is 69.4 Å². The second kappa shape index (κ2) is 8.36. The van der Waals surface area contributed by atoms with Gasteiger partial charge < -0.3 is 31.7 Å². The molecule has 0 aromatic heterocycles. The monoisotopic (exact) mass is 323 g/mol. The highest BCUT2D eigenvalue weighted by atomic mass is 32.2. The van der Waals surface area contributed by atoms with Crippen molar-refractivity contribution < 1.29 is 24.9 Å². The number of carbonyl (C=O) groups excluding carboxylic acids is 1. The van der Waals surface area contributed by atoms with Crippen LogP contribution in [0, 0.1) is 0 Å². The molecule has 1 heterocycles. The number of carboxylic acid groups (broad SMARTS) is 1. The summed E-state index contributed by atoms with van der Waals surface area (Å²) in [4.78, 5) is 22.4. The van der Waals surface area contributed by atoms with Crippen LogP contribution >= 0.6 is 11.8 Å². The van der Waals surface area contributed by atoms with E-state index in [0.29, 0.717) is 0 Å². The van der Waals surface area contributed by atoms with Crippen LogP contribution in [0.2, 0.25) is 0 Å². The summed E-state index contributed by atoms with van der Waals surface area (Å²) in [6, 6.07) is -2.50. The van der Waals surface area contributed by atoms with Gasteiger partial charge in [-0.25, -0.2) is 20.4 Å². The molecule has 1 saturated heterocycles. The van der Waals surface area contributed by atoms with Gasteiger partial charge in [-0.1, -0.05) is 0 Å². The Morgan fingerprint density at radius 1 is 1.43 bits per heavy atom. The lowest BCUT2D eigenvalue weighted by Crippen LogP contribution is -2.52. The number of hydrogen-bond donors (Lipinski definition) is 8. The van der Waals surface area contributed by atoms with Crippen LogP contribution in [0.4, 0.5) is 4.79 Å². The summed E-state index contributed by atoms with van der Waals surface area (Å²) >= 11 is 1.40. The summed E-state index contributed by atoms with van der Waals surface area (Å²) in [6.07, 6.45) is -1.21. The van der Waals surface area contributed by atoms with E-state index in [1.165, 1.54) is 18.7 Å². The van der Waals surface area contributed by atoms with Gasteiger partial charge in [0.1, 0.15) is 0 Å². The summed E-state index contributed by atoms with van der Waals surface area (Å²) in [5, 5.41) is 31.3. The first-order chi connectivity index (χ1) is 9.85. The maximum Gasteiger partial charge on any atom is 0.328 e. The van der Waals surface area contributed by atoms with Gasteiger partial charge in [-0.3, -0.25) is 0 Å². The van der Waals surface area contributed by atoms with Crippen molar-refractivity contribution >= 4 is 23.8 Å². The Balaban J connectivity index is 2.32. The summed E-state index contributed by atoms with van der Waals surface area (Å²) in [5.74, 6) is -1.32. The van der Waals surface area contributed by atoms with Gasteiger partial charge in [0.2, 0.25) is 0 Å². The quantitative estimate of drug-likeness (QED) is 0.242. The topological polar surface area (TPSA) is 169 Å². The average Bonchev–Trinajstić information content (AvgIpc) is 2.89. The zero-order chi connectivity index (χ0) is 16.0. The fourth-order valence-electron chi connectivity index (χ4n) is 1.59. The molecule has 2 amide bonds.